The second kappa shape index (κ2) is 12.9. The van der Waals surface area contributed by atoms with Crippen LogP contribution in [0.15, 0.2) is 205 Å². The molecule has 0 amide bonds. The molecule has 2 atom stereocenters. The lowest BCUT2D eigenvalue weighted by atomic mass is 9.70. The van der Waals surface area contributed by atoms with Crippen LogP contribution in [0.5, 0.6) is 0 Å². The van der Waals surface area contributed by atoms with E-state index < -0.39 is 0 Å². The van der Waals surface area contributed by atoms with E-state index in [9.17, 15) is 0 Å². The van der Waals surface area contributed by atoms with E-state index in [0.29, 0.717) is 0 Å². The molecule has 1 spiro atoms. The first kappa shape index (κ1) is 35.3. The summed E-state index contributed by atoms with van der Waals surface area (Å²) in [7, 11) is 0. The summed E-state index contributed by atoms with van der Waals surface area (Å²) in [5, 5.41) is 1.32. The van der Waals surface area contributed by atoms with Gasteiger partial charge in [-0.25, -0.2) is 0 Å². The lowest BCUT2D eigenvalue weighted by Gasteiger charge is -2.43. The quantitative estimate of drug-likeness (QED) is 0.163. The zero-order chi connectivity index (χ0) is 40.3. The van der Waals surface area contributed by atoms with E-state index in [4.69, 9.17) is 0 Å². The summed E-state index contributed by atoms with van der Waals surface area (Å²) in [6, 6.07) is 44.0. The van der Waals surface area contributed by atoms with Crippen molar-refractivity contribution < 1.29 is 0 Å². The van der Waals surface area contributed by atoms with E-state index in [1.165, 1.54) is 100 Å². The van der Waals surface area contributed by atoms with Crippen molar-refractivity contribution in [3.8, 4) is 27.9 Å². The molecule has 2 unspecified atom stereocenters. The molecule has 290 valence electrons. The van der Waals surface area contributed by atoms with Gasteiger partial charge < -0.3 is 9.47 Å². The molecule has 2 nitrogen and oxygen atoms in total. The number of allylic oxidation sites excluding steroid dienone is 10. The molecule has 6 aliphatic rings. The van der Waals surface area contributed by atoms with Crippen LogP contribution in [0, 0.1) is 5.41 Å². The highest BCUT2D eigenvalue weighted by Gasteiger charge is 2.52. The van der Waals surface area contributed by atoms with E-state index in [2.05, 4.69) is 194 Å². The number of hydrogen-bond acceptors (Lipinski definition) is 1. The zero-order valence-electron chi connectivity index (χ0n) is 34.5. The van der Waals surface area contributed by atoms with Crippen LogP contribution in [-0.2, 0) is 11.8 Å². The third kappa shape index (κ3) is 4.60. The molecule has 5 aromatic carbocycles. The Morgan fingerprint density at radius 2 is 1.40 bits per heavy atom. The van der Waals surface area contributed by atoms with Crippen LogP contribution in [0.3, 0.4) is 0 Å². The zero-order valence-corrected chi connectivity index (χ0v) is 34.5. The van der Waals surface area contributed by atoms with Gasteiger partial charge in [0.05, 0.1) is 23.0 Å². The van der Waals surface area contributed by atoms with E-state index in [1.807, 2.05) is 12.2 Å². The predicted octanol–water partition coefficient (Wildman–Crippen LogP) is 13.8. The van der Waals surface area contributed by atoms with E-state index in [0.717, 1.165) is 25.7 Å². The van der Waals surface area contributed by atoms with Gasteiger partial charge in [0.1, 0.15) is 0 Å². The Morgan fingerprint density at radius 3 is 2.05 bits per heavy atom. The van der Waals surface area contributed by atoms with Crippen molar-refractivity contribution in [2.45, 2.75) is 57.0 Å². The van der Waals surface area contributed by atoms with Crippen molar-refractivity contribution in [1.82, 2.24) is 9.47 Å². The van der Waals surface area contributed by atoms with Crippen molar-refractivity contribution in [2.24, 2.45) is 5.41 Å². The number of nitrogens with zero attached hydrogens (tertiary/aromatic N) is 2. The van der Waals surface area contributed by atoms with Gasteiger partial charge in [-0.2, -0.15) is 0 Å². The number of para-hydroxylation sites is 1. The molecule has 0 saturated heterocycles. The van der Waals surface area contributed by atoms with Crippen LogP contribution >= 0.6 is 0 Å². The minimum Gasteiger partial charge on any atom is -0.361 e. The summed E-state index contributed by atoms with van der Waals surface area (Å²) < 4.78 is 2.59. The molecule has 0 saturated carbocycles. The van der Waals surface area contributed by atoms with Crippen molar-refractivity contribution in [2.75, 3.05) is 0 Å². The highest BCUT2D eigenvalue weighted by atomic mass is 15.2. The maximum absolute atomic E-state index is 4.24. The van der Waals surface area contributed by atoms with Crippen molar-refractivity contribution in [3.05, 3.63) is 239 Å². The molecule has 1 heterocycles. The fraction of sp³-hybridized carbons (Fsp3) is 0.172. The summed E-state index contributed by atoms with van der Waals surface area (Å²) in [4.78, 5) is 2.77. The lowest BCUT2D eigenvalue weighted by Crippen LogP contribution is -2.44. The number of hydrogen-bond donors (Lipinski definition) is 0. The van der Waals surface area contributed by atoms with Gasteiger partial charge in [0.2, 0.25) is 0 Å². The highest BCUT2D eigenvalue weighted by Crippen LogP contribution is 2.63. The minimum atomic E-state index is -0.381. The smallest absolute Gasteiger partial charge is 0.0725 e. The summed E-state index contributed by atoms with van der Waals surface area (Å²) in [6.45, 7) is 13.2. The Hall–Kier alpha value is -6.64. The fourth-order valence-electron chi connectivity index (χ4n) is 12.3. The molecule has 2 heteroatoms. The monoisotopic (exact) mass is 772 g/mol. The van der Waals surface area contributed by atoms with Crippen LogP contribution in [0.2, 0.25) is 0 Å². The van der Waals surface area contributed by atoms with Crippen molar-refractivity contribution in [1.29, 1.82) is 0 Å². The van der Waals surface area contributed by atoms with Gasteiger partial charge in [-0.1, -0.05) is 167 Å². The molecule has 6 aliphatic carbocycles. The second-order valence-corrected chi connectivity index (χ2v) is 17.9. The first-order chi connectivity index (χ1) is 29.4. The Labute approximate surface area is 353 Å². The number of aromatic nitrogens is 1. The molecule has 0 fully saturated rings. The Kier molecular flexibility index (Phi) is 7.61. The Morgan fingerprint density at radius 1 is 0.733 bits per heavy atom. The molecule has 12 rings (SSSR count). The number of benzene rings is 5. The van der Waals surface area contributed by atoms with Crippen LogP contribution in [0.25, 0.3) is 44.9 Å². The van der Waals surface area contributed by atoms with Crippen LogP contribution in [-0.4, -0.2) is 21.6 Å². The van der Waals surface area contributed by atoms with Gasteiger partial charge in [0.25, 0.3) is 0 Å². The fourth-order valence-corrected chi connectivity index (χ4v) is 12.3. The number of fused-ring (bicyclic) bond motifs is 14. The lowest BCUT2D eigenvalue weighted by molar-refractivity contribution is 0.231. The predicted molar refractivity (Wildman–Crippen MR) is 250 cm³/mol. The third-order valence-electron chi connectivity index (χ3n) is 14.7. The number of rotatable bonds is 6. The molecular weight excluding hydrogens is 725 g/mol. The SMILES string of the molecule is C=CC1=C(C=C)C(C)(C)C2=CC(N(C3=CC=CCC3)C3C=Cc4c(n(-c5ccccc5)c5cc6c(cc45)C4(c5ccccc5-c5ccccc54)c4ccccc4-6)C3)CC=C21. The normalized spacial score (nSPS) is 20.7. The van der Waals surface area contributed by atoms with Crippen LogP contribution in [0.1, 0.15) is 66.6 Å². The van der Waals surface area contributed by atoms with E-state index in [1.54, 1.807) is 0 Å². The molecular formula is C58H48N2. The van der Waals surface area contributed by atoms with Crippen LogP contribution < -0.4 is 0 Å². The Balaban J connectivity index is 1.06. The topological polar surface area (TPSA) is 8.17 Å². The first-order valence-corrected chi connectivity index (χ1v) is 21.8. The molecule has 0 N–H and O–H groups in total. The highest BCUT2D eigenvalue weighted by molar-refractivity contribution is 6.03. The van der Waals surface area contributed by atoms with Gasteiger partial charge in [0, 0.05) is 39.9 Å². The summed E-state index contributed by atoms with van der Waals surface area (Å²) in [5.41, 5.74) is 22.2. The summed E-state index contributed by atoms with van der Waals surface area (Å²) in [6.07, 6.45) is 25.1. The van der Waals surface area contributed by atoms with Crippen molar-refractivity contribution in [3.63, 3.8) is 0 Å². The first-order valence-electron chi connectivity index (χ1n) is 21.8. The molecule has 0 radical (unpaired) electrons. The van der Waals surface area contributed by atoms with Gasteiger partial charge in [-0.3, -0.25) is 0 Å². The van der Waals surface area contributed by atoms with E-state index >= 15 is 0 Å². The average molecular weight is 773 g/mol. The molecule has 1 aromatic heterocycles. The van der Waals surface area contributed by atoms with Gasteiger partial charge in [0.15, 0.2) is 0 Å². The summed E-state index contributed by atoms with van der Waals surface area (Å²) in [5.74, 6) is 0. The van der Waals surface area contributed by atoms with Gasteiger partial charge in [-0.05, 0) is 116 Å². The third-order valence-corrected chi connectivity index (χ3v) is 14.7. The van der Waals surface area contributed by atoms with Crippen molar-refractivity contribution >= 4 is 17.0 Å². The van der Waals surface area contributed by atoms with E-state index in [-0.39, 0.29) is 22.9 Å². The second-order valence-electron chi connectivity index (χ2n) is 17.9. The van der Waals surface area contributed by atoms with Gasteiger partial charge >= 0.3 is 0 Å². The molecule has 0 aliphatic heterocycles. The van der Waals surface area contributed by atoms with Gasteiger partial charge in [-0.15, -0.1) is 0 Å². The average Bonchev–Trinajstić information content (AvgIpc) is 3.95. The maximum atomic E-state index is 4.24. The summed E-state index contributed by atoms with van der Waals surface area (Å²) >= 11 is 0. The maximum Gasteiger partial charge on any atom is 0.0725 e. The molecule has 60 heavy (non-hydrogen) atoms. The molecule has 6 aromatic rings. The van der Waals surface area contributed by atoms with Crippen LogP contribution in [0.4, 0.5) is 0 Å². The molecule has 0 bridgehead atoms. The standard InChI is InChI=1S/C58H48N2/c1-5-41-45-31-29-39(33-53(45)57(3,4)49(41)6-2)59(37-19-9-7-10-20-37)40-30-32-46-48-35-54-47(36-56(48)60(55(46)34-40)38-21-11-8-12-22-38)44-25-15-18-28-52(44)58(54)50-26-16-13-23-42(50)43-24-14-17-27-51(43)58/h5-9,11-19,21-28,30-33,35-36,39-40H,1-2,10,20,29,34H2,3-4H3. The largest absolute Gasteiger partial charge is 0.361 e. The minimum absolute atomic E-state index is 0.131. The Bertz CT molecular complexity index is 3010.